The van der Waals surface area contributed by atoms with Crippen LogP contribution in [0.15, 0.2) is 9.85 Å². The lowest BCUT2D eigenvalue weighted by Gasteiger charge is -2.13. The van der Waals surface area contributed by atoms with Crippen LogP contribution >= 0.6 is 27.3 Å². The number of hydrogen-bond acceptors (Lipinski definition) is 4. The van der Waals surface area contributed by atoms with Crippen molar-refractivity contribution in [2.45, 2.75) is 26.1 Å². The topological polar surface area (TPSA) is 52.3 Å². The average molecular weight is 310 g/mol. The summed E-state index contributed by atoms with van der Waals surface area (Å²) in [5.41, 5.74) is 6.64. The summed E-state index contributed by atoms with van der Waals surface area (Å²) in [4.78, 5) is 11.8. The van der Waals surface area contributed by atoms with E-state index in [0.29, 0.717) is 4.88 Å². The molecule has 0 fully saturated rings. The predicted octanol–water partition coefficient (Wildman–Crippen LogP) is 2.72. The monoisotopic (exact) mass is 309 g/mol. The summed E-state index contributed by atoms with van der Waals surface area (Å²) in [7, 11) is 0. The van der Waals surface area contributed by atoms with Gasteiger partial charge in [-0.1, -0.05) is 0 Å². The molecular weight excluding hydrogens is 297 g/mol. The highest BCUT2D eigenvalue weighted by Gasteiger charge is 2.29. The van der Waals surface area contributed by atoms with Crippen molar-refractivity contribution in [2.24, 2.45) is 5.73 Å². The Bertz CT molecular complexity index is 363. The second-order valence-corrected chi connectivity index (χ2v) is 5.69. The smallest absolute Gasteiger partial charge is 0.342 e. The summed E-state index contributed by atoms with van der Waals surface area (Å²) in [5.74, 6) is -0.905. The zero-order chi connectivity index (χ0) is 12.3. The molecule has 0 aliphatic carbocycles. The molecule has 1 heterocycles. The highest BCUT2D eigenvalue weighted by atomic mass is 79.9. The molecule has 0 radical (unpaired) electrons. The lowest BCUT2D eigenvalue weighted by molar-refractivity contribution is -0.149. The van der Waals surface area contributed by atoms with E-state index in [-0.39, 0.29) is 6.61 Å². The molecule has 16 heavy (non-hydrogen) atoms. The van der Waals surface area contributed by atoms with E-state index >= 15 is 0 Å². The molecule has 90 valence electrons. The van der Waals surface area contributed by atoms with E-state index in [1.165, 1.54) is 11.3 Å². The largest absolute Gasteiger partial charge is 0.464 e. The summed E-state index contributed by atoms with van der Waals surface area (Å²) < 4.78 is 19.1. The fourth-order valence-corrected chi connectivity index (χ4v) is 2.75. The van der Waals surface area contributed by atoms with Gasteiger partial charge in [-0.05, 0) is 41.4 Å². The third-order valence-corrected chi connectivity index (χ3v) is 4.27. The molecular formula is C10H13BrFNO2S. The number of nitrogens with two attached hydrogens (primary N) is 1. The number of alkyl halides is 1. The van der Waals surface area contributed by atoms with Gasteiger partial charge in [-0.2, -0.15) is 0 Å². The van der Waals surface area contributed by atoms with Gasteiger partial charge in [-0.3, -0.25) is 0 Å². The van der Waals surface area contributed by atoms with Gasteiger partial charge in [0.25, 0.3) is 0 Å². The molecule has 3 nitrogen and oxygen atoms in total. The van der Waals surface area contributed by atoms with E-state index in [2.05, 4.69) is 20.7 Å². The third kappa shape index (κ3) is 3.02. The van der Waals surface area contributed by atoms with Gasteiger partial charge in [-0.15, -0.1) is 11.3 Å². The van der Waals surface area contributed by atoms with Gasteiger partial charge >= 0.3 is 5.97 Å². The molecule has 0 aromatic carbocycles. The Morgan fingerprint density at radius 3 is 2.81 bits per heavy atom. The fraction of sp³-hybridized carbons (Fsp3) is 0.500. The van der Waals surface area contributed by atoms with Crippen molar-refractivity contribution in [1.29, 1.82) is 0 Å². The lowest BCUT2D eigenvalue weighted by Crippen LogP contribution is -2.30. The van der Waals surface area contributed by atoms with Gasteiger partial charge in [0, 0.05) is 4.88 Å². The number of esters is 1. The van der Waals surface area contributed by atoms with Crippen LogP contribution in [0.5, 0.6) is 0 Å². The van der Waals surface area contributed by atoms with Crippen molar-refractivity contribution in [1.82, 2.24) is 0 Å². The van der Waals surface area contributed by atoms with Crippen LogP contribution in [0.1, 0.15) is 23.4 Å². The molecule has 1 unspecified atom stereocenters. The lowest BCUT2D eigenvalue weighted by atomic mass is 10.1. The molecule has 2 N–H and O–H groups in total. The average Bonchev–Trinajstić information content (AvgIpc) is 2.57. The summed E-state index contributed by atoms with van der Waals surface area (Å²) in [6, 6.07) is 0.805. The highest BCUT2D eigenvalue weighted by Crippen LogP contribution is 2.32. The van der Waals surface area contributed by atoms with Gasteiger partial charge in [0.15, 0.2) is 0 Å². The normalized spacial score (nSPS) is 14.6. The van der Waals surface area contributed by atoms with E-state index < -0.39 is 18.2 Å². The van der Waals surface area contributed by atoms with E-state index in [9.17, 15) is 9.18 Å². The van der Waals surface area contributed by atoms with Crippen LogP contribution in [0.4, 0.5) is 4.39 Å². The maximum absolute atomic E-state index is 13.6. The number of aryl methyl sites for hydroxylation is 1. The van der Waals surface area contributed by atoms with E-state index in [4.69, 9.17) is 5.73 Å². The molecule has 1 aromatic rings. The minimum absolute atomic E-state index is 0.152. The predicted molar refractivity (Wildman–Crippen MR) is 65.2 cm³/mol. The molecule has 1 rings (SSSR count). The molecule has 0 saturated carbocycles. The van der Waals surface area contributed by atoms with Gasteiger partial charge in [0.05, 0.1) is 16.4 Å². The minimum Gasteiger partial charge on any atom is -0.464 e. The van der Waals surface area contributed by atoms with Crippen LogP contribution in [-0.4, -0.2) is 18.7 Å². The van der Waals surface area contributed by atoms with Crippen LogP contribution < -0.4 is 5.73 Å². The Hall–Kier alpha value is -0.460. The first-order chi connectivity index (χ1) is 7.47. The summed E-state index contributed by atoms with van der Waals surface area (Å²) >= 11 is 4.66. The van der Waals surface area contributed by atoms with Gasteiger partial charge in [0.1, 0.15) is 0 Å². The van der Waals surface area contributed by atoms with Crippen LogP contribution in [-0.2, 0) is 9.53 Å². The van der Waals surface area contributed by atoms with Gasteiger partial charge in [0.2, 0.25) is 6.17 Å². The Morgan fingerprint density at radius 2 is 2.38 bits per heavy atom. The van der Waals surface area contributed by atoms with Crippen LogP contribution in [0.2, 0.25) is 0 Å². The Kier molecular flexibility index (Phi) is 4.89. The molecule has 0 aliphatic rings. The summed E-state index contributed by atoms with van der Waals surface area (Å²) in [6.07, 6.45) is -1.81. The van der Waals surface area contributed by atoms with Crippen molar-refractivity contribution in [3.63, 3.8) is 0 Å². The maximum Gasteiger partial charge on any atom is 0.342 e. The van der Waals surface area contributed by atoms with E-state index in [1.54, 1.807) is 13.0 Å². The first-order valence-electron chi connectivity index (χ1n) is 4.79. The van der Waals surface area contributed by atoms with Crippen molar-refractivity contribution < 1.29 is 13.9 Å². The number of ether oxygens (including phenoxy) is 1. The van der Waals surface area contributed by atoms with Gasteiger partial charge < -0.3 is 10.5 Å². The molecule has 0 saturated heterocycles. The highest BCUT2D eigenvalue weighted by molar-refractivity contribution is 9.11. The number of thiophene rings is 1. The molecule has 6 heteroatoms. The van der Waals surface area contributed by atoms with E-state index in [0.717, 1.165) is 9.35 Å². The number of halogens is 2. The van der Waals surface area contributed by atoms with Crippen LogP contribution in [0.25, 0.3) is 0 Å². The Balaban J connectivity index is 2.77. The molecule has 0 aliphatic heterocycles. The first-order valence-corrected chi connectivity index (χ1v) is 6.40. The maximum atomic E-state index is 13.6. The molecule has 0 bridgehead atoms. The number of carbonyl (C=O) groups excluding carboxylic acids is 1. The summed E-state index contributed by atoms with van der Waals surface area (Å²) in [6.45, 7) is 3.66. The van der Waals surface area contributed by atoms with Crippen molar-refractivity contribution in [3.8, 4) is 0 Å². The molecule has 2 atom stereocenters. The van der Waals surface area contributed by atoms with Crippen LogP contribution in [0, 0.1) is 6.92 Å². The second kappa shape index (κ2) is 5.75. The summed E-state index contributed by atoms with van der Waals surface area (Å²) in [5, 5.41) is 0. The zero-order valence-electron chi connectivity index (χ0n) is 9.00. The number of carbonyl (C=O) groups is 1. The minimum atomic E-state index is -1.81. The number of hydrogen-bond donors (Lipinski definition) is 1. The Morgan fingerprint density at radius 1 is 1.75 bits per heavy atom. The molecule has 0 spiro atoms. The van der Waals surface area contributed by atoms with Crippen LogP contribution in [0.3, 0.4) is 0 Å². The Labute approximate surface area is 106 Å². The third-order valence-electron chi connectivity index (χ3n) is 2.03. The second-order valence-electron chi connectivity index (χ2n) is 3.29. The quantitative estimate of drug-likeness (QED) is 0.870. The fourth-order valence-electron chi connectivity index (χ4n) is 1.16. The van der Waals surface area contributed by atoms with Crippen molar-refractivity contribution >= 4 is 33.2 Å². The van der Waals surface area contributed by atoms with E-state index in [1.807, 2.05) is 6.92 Å². The zero-order valence-corrected chi connectivity index (χ0v) is 11.4. The number of rotatable bonds is 4. The van der Waals surface area contributed by atoms with Crippen molar-refractivity contribution in [2.75, 3.05) is 6.61 Å². The molecule has 0 amide bonds. The first kappa shape index (κ1) is 13.6. The van der Waals surface area contributed by atoms with Gasteiger partial charge in [-0.25, -0.2) is 9.18 Å². The standard InChI is InChI=1S/C10H13BrFNO2S/c1-3-15-10(14)7(12)8(13)6-4-5(2)9(11)16-6/h4,7-8H,3,13H2,1-2H3/t7?,8-/m1/s1. The van der Waals surface area contributed by atoms with Crippen molar-refractivity contribution in [3.05, 3.63) is 20.3 Å². The SMILES string of the molecule is CCOC(=O)C(F)[C@H](N)c1cc(C)c(Br)s1. The molecule has 1 aromatic heterocycles.